The van der Waals surface area contributed by atoms with Crippen LogP contribution in [-0.4, -0.2) is 45.0 Å². The fourth-order valence-electron chi connectivity index (χ4n) is 3.45. The summed E-state index contributed by atoms with van der Waals surface area (Å²) in [5.74, 6) is -0.148. The Balaban J connectivity index is 1.96. The summed E-state index contributed by atoms with van der Waals surface area (Å²) in [5, 5.41) is 12.2. The molecule has 3 aromatic rings. The predicted octanol–water partition coefficient (Wildman–Crippen LogP) is 1.92. The van der Waals surface area contributed by atoms with Crippen LogP contribution in [0.25, 0.3) is 22.4 Å². The second-order valence-electron chi connectivity index (χ2n) is 7.06. The third-order valence-corrected chi connectivity index (χ3v) is 4.93. The van der Waals surface area contributed by atoms with Crippen LogP contribution in [0.1, 0.15) is 18.1 Å². The normalized spacial score (nSPS) is 12.4. The Kier molecular flexibility index (Phi) is 6.14. The van der Waals surface area contributed by atoms with Crippen LogP contribution in [0, 0.1) is 6.92 Å². The number of pyridine rings is 1. The molecule has 3 rings (SSSR count). The number of aryl methyl sites for hydroxylation is 3. The first-order valence-corrected chi connectivity index (χ1v) is 9.47. The number of imidazole rings is 1. The second kappa shape index (κ2) is 8.59. The Morgan fingerprint density at radius 3 is 2.72 bits per heavy atom. The highest BCUT2D eigenvalue weighted by molar-refractivity contribution is 5.81. The van der Waals surface area contributed by atoms with Gasteiger partial charge in [0.15, 0.2) is 0 Å². The lowest BCUT2D eigenvalue weighted by atomic mass is 10.2. The number of aliphatic carboxylic acids is 1. The SMILES string of the molecule is CCn1c(-c2cc(C)c(=O)n(C)c2)nc2cc(CN[C@@H](COC)C(=O)O)ccc21. The number of fused-ring (bicyclic) bond motifs is 1. The molecule has 0 bridgehead atoms. The third-order valence-electron chi connectivity index (χ3n) is 4.93. The minimum Gasteiger partial charge on any atom is -0.480 e. The van der Waals surface area contributed by atoms with Gasteiger partial charge in [0.25, 0.3) is 5.56 Å². The van der Waals surface area contributed by atoms with E-state index in [1.807, 2.05) is 24.3 Å². The molecule has 0 saturated carbocycles. The highest BCUT2D eigenvalue weighted by Gasteiger charge is 2.17. The minimum absolute atomic E-state index is 0.0229. The zero-order valence-electron chi connectivity index (χ0n) is 17.1. The molecular weight excluding hydrogens is 372 g/mol. The molecule has 154 valence electrons. The lowest BCUT2D eigenvalue weighted by Crippen LogP contribution is -2.39. The molecule has 0 spiro atoms. The number of hydrogen-bond donors (Lipinski definition) is 2. The Labute approximate surface area is 168 Å². The molecule has 8 nitrogen and oxygen atoms in total. The van der Waals surface area contributed by atoms with Crippen molar-refractivity contribution in [3.05, 3.63) is 51.9 Å². The van der Waals surface area contributed by atoms with Crippen LogP contribution in [0.2, 0.25) is 0 Å². The predicted molar refractivity (Wildman–Crippen MR) is 111 cm³/mol. The van der Waals surface area contributed by atoms with Gasteiger partial charge < -0.3 is 19.0 Å². The summed E-state index contributed by atoms with van der Waals surface area (Å²) in [5.41, 5.74) is 4.28. The van der Waals surface area contributed by atoms with E-state index in [9.17, 15) is 14.7 Å². The van der Waals surface area contributed by atoms with Crippen molar-refractivity contribution >= 4 is 17.0 Å². The number of hydrogen-bond acceptors (Lipinski definition) is 5. The van der Waals surface area contributed by atoms with Crippen LogP contribution in [0.3, 0.4) is 0 Å². The average molecular weight is 398 g/mol. The van der Waals surface area contributed by atoms with Gasteiger partial charge in [0.2, 0.25) is 0 Å². The van der Waals surface area contributed by atoms with Gasteiger partial charge >= 0.3 is 5.97 Å². The van der Waals surface area contributed by atoms with Crippen LogP contribution >= 0.6 is 0 Å². The minimum atomic E-state index is -0.949. The molecule has 0 aliphatic heterocycles. The number of nitrogens with one attached hydrogen (secondary N) is 1. The van der Waals surface area contributed by atoms with Crippen molar-refractivity contribution in [3.8, 4) is 11.4 Å². The number of carboxylic acid groups (broad SMARTS) is 1. The van der Waals surface area contributed by atoms with Crippen LogP contribution < -0.4 is 10.9 Å². The summed E-state index contributed by atoms with van der Waals surface area (Å²) in [4.78, 5) is 28.1. The number of rotatable bonds is 8. The van der Waals surface area contributed by atoms with E-state index in [0.29, 0.717) is 12.1 Å². The van der Waals surface area contributed by atoms with E-state index in [2.05, 4.69) is 16.8 Å². The van der Waals surface area contributed by atoms with Crippen LogP contribution in [-0.2, 0) is 29.7 Å². The van der Waals surface area contributed by atoms with E-state index in [1.165, 1.54) is 7.11 Å². The van der Waals surface area contributed by atoms with Gasteiger partial charge in [0, 0.05) is 44.6 Å². The lowest BCUT2D eigenvalue weighted by Gasteiger charge is -2.13. The second-order valence-corrected chi connectivity index (χ2v) is 7.06. The number of benzene rings is 1. The Morgan fingerprint density at radius 2 is 2.10 bits per heavy atom. The summed E-state index contributed by atoms with van der Waals surface area (Å²) < 4.78 is 8.63. The maximum Gasteiger partial charge on any atom is 0.323 e. The number of methoxy groups -OCH3 is 1. The molecule has 2 heterocycles. The van der Waals surface area contributed by atoms with Gasteiger partial charge in [0.1, 0.15) is 11.9 Å². The van der Waals surface area contributed by atoms with E-state index in [4.69, 9.17) is 9.72 Å². The molecule has 8 heteroatoms. The largest absolute Gasteiger partial charge is 0.480 e. The maximum atomic E-state index is 12.0. The Bertz CT molecular complexity index is 1070. The molecular formula is C21H26N4O4. The average Bonchev–Trinajstić information content (AvgIpc) is 3.06. The molecule has 0 amide bonds. The van der Waals surface area contributed by atoms with Crippen molar-refractivity contribution < 1.29 is 14.6 Å². The van der Waals surface area contributed by atoms with E-state index in [-0.39, 0.29) is 12.2 Å². The van der Waals surface area contributed by atoms with Gasteiger partial charge in [-0.2, -0.15) is 0 Å². The summed E-state index contributed by atoms with van der Waals surface area (Å²) in [6, 6.07) is 7.00. The lowest BCUT2D eigenvalue weighted by molar-refractivity contribution is -0.140. The molecule has 29 heavy (non-hydrogen) atoms. The Morgan fingerprint density at radius 1 is 1.34 bits per heavy atom. The van der Waals surface area contributed by atoms with Crippen molar-refractivity contribution in [2.24, 2.45) is 7.05 Å². The molecule has 1 aromatic carbocycles. The first-order chi connectivity index (χ1) is 13.8. The topological polar surface area (TPSA) is 98.4 Å². The van der Waals surface area contributed by atoms with E-state index in [1.54, 1.807) is 24.7 Å². The number of nitrogens with zero attached hydrogens (tertiary/aromatic N) is 3. The maximum absolute atomic E-state index is 12.0. The van der Waals surface area contributed by atoms with Crippen molar-refractivity contribution in [1.82, 2.24) is 19.4 Å². The van der Waals surface area contributed by atoms with Crippen molar-refractivity contribution in [2.45, 2.75) is 33.0 Å². The first-order valence-electron chi connectivity index (χ1n) is 9.47. The standard InChI is InChI=1S/C21H26N4O4/c1-5-25-18-7-6-14(10-22-17(12-29-4)21(27)28)9-16(18)23-19(25)15-8-13(2)20(26)24(3)11-15/h6-9,11,17,22H,5,10,12H2,1-4H3,(H,27,28)/t17-/m0/s1. The highest BCUT2D eigenvalue weighted by atomic mass is 16.5. The van der Waals surface area contributed by atoms with Gasteiger partial charge in [0.05, 0.1) is 17.6 Å². The Hall–Kier alpha value is -2.97. The zero-order valence-corrected chi connectivity index (χ0v) is 17.1. The van der Waals surface area contributed by atoms with Crippen LogP contribution in [0.4, 0.5) is 0 Å². The first kappa shape index (κ1) is 20.8. The summed E-state index contributed by atoms with van der Waals surface area (Å²) in [6.45, 7) is 5.08. The molecule has 0 unspecified atom stereocenters. The van der Waals surface area contributed by atoms with Crippen LogP contribution in [0.15, 0.2) is 35.3 Å². The molecule has 0 radical (unpaired) electrons. The van der Waals surface area contributed by atoms with Gasteiger partial charge in [-0.3, -0.25) is 14.9 Å². The van der Waals surface area contributed by atoms with Crippen molar-refractivity contribution in [1.29, 1.82) is 0 Å². The molecule has 2 aromatic heterocycles. The number of carbonyl (C=O) groups is 1. The molecule has 0 saturated heterocycles. The fraction of sp³-hybridized carbons (Fsp3) is 0.381. The van der Waals surface area contributed by atoms with Gasteiger partial charge in [-0.05, 0) is 37.6 Å². The van der Waals surface area contributed by atoms with Crippen molar-refractivity contribution in [2.75, 3.05) is 13.7 Å². The number of carboxylic acids is 1. The summed E-state index contributed by atoms with van der Waals surface area (Å²) >= 11 is 0. The van der Waals surface area contributed by atoms with E-state index in [0.717, 1.165) is 34.5 Å². The molecule has 1 atom stereocenters. The third kappa shape index (κ3) is 4.23. The fourth-order valence-corrected chi connectivity index (χ4v) is 3.45. The van der Waals surface area contributed by atoms with Crippen LogP contribution in [0.5, 0.6) is 0 Å². The van der Waals surface area contributed by atoms with E-state index >= 15 is 0 Å². The summed E-state index contributed by atoms with van der Waals surface area (Å²) in [7, 11) is 3.21. The quantitative estimate of drug-likeness (QED) is 0.602. The van der Waals surface area contributed by atoms with Gasteiger partial charge in [-0.1, -0.05) is 6.07 Å². The molecule has 0 fully saturated rings. The molecule has 0 aliphatic rings. The number of ether oxygens (including phenoxy) is 1. The zero-order chi connectivity index (χ0) is 21.1. The van der Waals surface area contributed by atoms with Crippen molar-refractivity contribution in [3.63, 3.8) is 0 Å². The van der Waals surface area contributed by atoms with E-state index < -0.39 is 12.0 Å². The van der Waals surface area contributed by atoms with Gasteiger partial charge in [-0.15, -0.1) is 0 Å². The summed E-state index contributed by atoms with van der Waals surface area (Å²) in [6.07, 6.45) is 1.80. The molecule has 0 aliphatic carbocycles. The smallest absolute Gasteiger partial charge is 0.323 e. The monoisotopic (exact) mass is 398 g/mol. The molecule has 2 N–H and O–H groups in total. The highest BCUT2D eigenvalue weighted by Crippen LogP contribution is 2.25. The number of aromatic nitrogens is 3. The van der Waals surface area contributed by atoms with Gasteiger partial charge in [-0.25, -0.2) is 4.98 Å².